The molecule has 23 heavy (non-hydrogen) atoms. The van der Waals surface area contributed by atoms with E-state index in [4.69, 9.17) is 19.9 Å². The third-order valence-corrected chi connectivity index (χ3v) is 3.13. The van der Waals surface area contributed by atoms with E-state index < -0.39 is 5.91 Å². The summed E-state index contributed by atoms with van der Waals surface area (Å²) in [7, 11) is 1.60. The molecule has 5 nitrogen and oxygen atoms in total. The van der Waals surface area contributed by atoms with Crippen LogP contribution in [-0.4, -0.2) is 25.7 Å². The lowest BCUT2D eigenvalue weighted by atomic mass is 10.2. The van der Waals surface area contributed by atoms with Gasteiger partial charge in [0.1, 0.15) is 23.4 Å². The molecule has 0 aliphatic heterocycles. The fraction of sp³-hybridized carbons (Fsp3) is 0.278. The standard InChI is InChI=1S/C18H21NO4/c1-12-5-4-6-15(7-12)23-17-9-14(18(19)20)8-16(10-17)22-13(2)11-21-3/h4-10,13H,11H2,1-3H3,(H2,19,20)/t13-/m0/s1. The first-order valence-corrected chi connectivity index (χ1v) is 7.33. The molecule has 2 aromatic carbocycles. The Bertz CT molecular complexity index is 684. The highest BCUT2D eigenvalue weighted by atomic mass is 16.5. The van der Waals surface area contributed by atoms with Crippen LogP contribution in [0.5, 0.6) is 17.2 Å². The van der Waals surface area contributed by atoms with Gasteiger partial charge in [-0.3, -0.25) is 4.79 Å². The number of carbonyl (C=O) groups is 1. The van der Waals surface area contributed by atoms with Gasteiger partial charge in [0.25, 0.3) is 0 Å². The zero-order chi connectivity index (χ0) is 16.8. The van der Waals surface area contributed by atoms with E-state index in [1.165, 1.54) is 0 Å². The molecule has 122 valence electrons. The third-order valence-electron chi connectivity index (χ3n) is 3.13. The SMILES string of the molecule is COC[C@H](C)Oc1cc(Oc2cccc(C)c2)cc(C(N)=O)c1. The highest BCUT2D eigenvalue weighted by molar-refractivity contribution is 5.93. The molecule has 0 saturated heterocycles. The molecule has 2 aromatic rings. The normalized spacial score (nSPS) is 11.8. The number of hydrogen-bond acceptors (Lipinski definition) is 4. The molecule has 1 amide bonds. The second-order valence-electron chi connectivity index (χ2n) is 5.36. The van der Waals surface area contributed by atoms with Crippen molar-refractivity contribution in [3.63, 3.8) is 0 Å². The fourth-order valence-electron chi connectivity index (χ4n) is 2.16. The summed E-state index contributed by atoms with van der Waals surface area (Å²) in [6.45, 7) is 4.30. The quantitative estimate of drug-likeness (QED) is 0.851. The van der Waals surface area contributed by atoms with Crippen LogP contribution in [0.15, 0.2) is 42.5 Å². The van der Waals surface area contributed by atoms with Gasteiger partial charge in [-0.2, -0.15) is 0 Å². The van der Waals surface area contributed by atoms with Crippen LogP contribution in [0.4, 0.5) is 0 Å². The molecule has 2 N–H and O–H groups in total. The zero-order valence-electron chi connectivity index (χ0n) is 13.5. The minimum Gasteiger partial charge on any atom is -0.488 e. The minimum absolute atomic E-state index is 0.157. The number of benzene rings is 2. The molecule has 0 aliphatic rings. The molecule has 1 atom stereocenters. The molecular weight excluding hydrogens is 294 g/mol. The topological polar surface area (TPSA) is 70.8 Å². The Balaban J connectivity index is 2.27. The Morgan fingerprint density at radius 1 is 1.13 bits per heavy atom. The van der Waals surface area contributed by atoms with E-state index in [0.717, 1.165) is 5.56 Å². The summed E-state index contributed by atoms with van der Waals surface area (Å²) in [5.74, 6) is 1.14. The first-order chi connectivity index (χ1) is 11.0. The number of hydrogen-bond donors (Lipinski definition) is 1. The van der Waals surface area contributed by atoms with Crippen LogP contribution in [0, 0.1) is 6.92 Å². The van der Waals surface area contributed by atoms with E-state index in [1.807, 2.05) is 38.1 Å². The van der Waals surface area contributed by atoms with Gasteiger partial charge >= 0.3 is 0 Å². The van der Waals surface area contributed by atoms with Crippen molar-refractivity contribution in [1.29, 1.82) is 0 Å². The summed E-state index contributed by atoms with van der Waals surface area (Å²) < 4.78 is 16.6. The Kier molecular flexibility index (Phi) is 5.60. The lowest BCUT2D eigenvalue weighted by Crippen LogP contribution is -2.18. The summed E-state index contributed by atoms with van der Waals surface area (Å²) in [5.41, 5.74) is 6.79. The maximum absolute atomic E-state index is 11.5. The van der Waals surface area contributed by atoms with E-state index in [9.17, 15) is 4.79 Å². The van der Waals surface area contributed by atoms with Gasteiger partial charge in [-0.15, -0.1) is 0 Å². The summed E-state index contributed by atoms with van der Waals surface area (Å²) in [5, 5.41) is 0. The molecular formula is C18H21NO4. The first kappa shape index (κ1) is 16.8. The van der Waals surface area contributed by atoms with Crippen molar-refractivity contribution in [3.8, 4) is 17.2 Å². The van der Waals surface area contributed by atoms with Gasteiger partial charge < -0.3 is 19.9 Å². The average molecular weight is 315 g/mol. The fourth-order valence-corrected chi connectivity index (χ4v) is 2.16. The van der Waals surface area contributed by atoms with Crippen LogP contribution in [0.3, 0.4) is 0 Å². The first-order valence-electron chi connectivity index (χ1n) is 7.33. The number of methoxy groups -OCH3 is 1. The highest BCUT2D eigenvalue weighted by Crippen LogP contribution is 2.28. The van der Waals surface area contributed by atoms with Crippen molar-refractivity contribution < 1.29 is 19.0 Å². The van der Waals surface area contributed by atoms with Crippen molar-refractivity contribution in [1.82, 2.24) is 0 Å². The molecule has 0 aromatic heterocycles. The Morgan fingerprint density at radius 2 is 1.87 bits per heavy atom. The summed E-state index contributed by atoms with van der Waals surface area (Å²) in [6.07, 6.45) is -0.157. The summed E-state index contributed by atoms with van der Waals surface area (Å²) >= 11 is 0. The molecule has 0 heterocycles. The van der Waals surface area contributed by atoms with Crippen LogP contribution < -0.4 is 15.2 Å². The second-order valence-corrected chi connectivity index (χ2v) is 5.36. The van der Waals surface area contributed by atoms with E-state index in [1.54, 1.807) is 25.3 Å². The number of ether oxygens (including phenoxy) is 3. The average Bonchev–Trinajstić information content (AvgIpc) is 2.47. The van der Waals surface area contributed by atoms with Crippen LogP contribution in [-0.2, 0) is 4.74 Å². The largest absolute Gasteiger partial charge is 0.488 e. The van der Waals surface area contributed by atoms with Gasteiger partial charge in [-0.1, -0.05) is 12.1 Å². The smallest absolute Gasteiger partial charge is 0.248 e. The summed E-state index contributed by atoms with van der Waals surface area (Å²) in [4.78, 5) is 11.5. The molecule has 0 radical (unpaired) electrons. The van der Waals surface area contributed by atoms with E-state index in [0.29, 0.717) is 29.4 Å². The van der Waals surface area contributed by atoms with Crippen molar-refractivity contribution in [3.05, 3.63) is 53.6 Å². The number of rotatable bonds is 7. The molecule has 0 bridgehead atoms. The lowest BCUT2D eigenvalue weighted by Gasteiger charge is -2.16. The highest BCUT2D eigenvalue weighted by Gasteiger charge is 2.11. The number of nitrogens with two attached hydrogens (primary N) is 1. The monoisotopic (exact) mass is 315 g/mol. The van der Waals surface area contributed by atoms with E-state index >= 15 is 0 Å². The van der Waals surface area contributed by atoms with Crippen LogP contribution in [0.1, 0.15) is 22.8 Å². The van der Waals surface area contributed by atoms with Gasteiger partial charge in [0.05, 0.1) is 6.61 Å². The Labute approximate surface area is 136 Å². The predicted molar refractivity (Wildman–Crippen MR) is 88.2 cm³/mol. The van der Waals surface area contributed by atoms with Gasteiger partial charge in [0, 0.05) is 18.7 Å². The zero-order valence-corrected chi connectivity index (χ0v) is 13.5. The van der Waals surface area contributed by atoms with Crippen molar-refractivity contribution in [2.75, 3.05) is 13.7 Å². The van der Waals surface area contributed by atoms with E-state index in [-0.39, 0.29) is 6.10 Å². The molecule has 2 rings (SSSR count). The predicted octanol–water partition coefficient (Wildman–Crippen LogP) is 3.30. The van der Waals surface area contributed by atoms with Crippen molar-refractivity contribution >= 4 is 5.91 Å². The number of amides is 1. The lowest BCUT2D eigenvalue weighted by molar-refractivity contribution is 0.0914. The van der Waals surface area contributed by atoms with Crippen LogP contribution in [0.2, 0.25) is 0 Å². The molecule has 0 fully saturated rings. The molecule has 0 unspecified atom stereocenters. The Morgan fingerprint density at radius 3 is 2.52 bits per heavy atom. The van der Waals surface area contributed by atoms with Crippen LogP contribution in [0.25, 0.3) is 0 Å². The van der Waals surface area contributed by atoms with Crippen molar-refractivity contribution in [2.45, 2.75) is 20.0 Å². The minimum atomic E-state index is -0.538. The van der Waals surface area contributed by atoms with Gasteiger partial charge in [0.15, 0.2) is 0 Å². The summed E-state index contributed by atoms with van der Waals surface area (Å²) in [6, 6.07) is 12.6. The van der Waals surface area contributed by atoms with Crippen LogP contribution >= 0.6 is 0 Å². The number of aryl methyl sites for hydroxylation is 1. The molecule has 0 aliphatic carbocycles. The molecule has 0 spiro atoms. The van der Waals surface area contributed by atoms with Crippen molar-refractivity contribution in [2.24, 2.45) is 5.73 Å². The van der Waals surface area contributed by atoms with E-state index in [2.05, 4.69) is 0 Å². The molecule has 5 heteroatoms. The van der Waals surface area contributed by atoms with Gasteiger partial charge in [0.2, 0.25) is 5.91 Å². The third kappa shape index (κ3) is 5.00. The maximum Gasteiger partial charge on any atom is 0.248 e. The number of carbonyl (C=O) groups excluding carboxylic acids is 1. The second kappa shape index (κ2) is 7.65. The van der Waals surface area contributed by atoms with Gasteiger partial charge in [-0.25, -0.2) is 0 Å². The van der Waals surface area contributed by atoms with Gasteiger partial charge in [-0.05, 0) is 43.7 Å². The number of primary amides is 1. The Hall–Kier alpha value is -2.53. The molecule has 0 saturated carbocycles. The maximum atomic E-state index is 11.5.